The normalized spacial score (nSPS) is 20.5. The fourth-order valence-corrected chi connectivity index (χ4v) is 4.33. The van der Waals surface area contributed by atoms with Gasteiger partial charge in [0.2, 0.25) is 11.8 Å². The lowest BCUT2D eigenvalue weighted by Gasteiger charge is -2.40. The van der Waals surface area contributed by atoms with Gasteiger partial charge in [0.15, 0.2) is 0 Å². The highest BCUT2D eigenvalue weighted by Gasteiger charge is 2.39. The Morgan fingerprint density at radius 1 is 0.969 bits per heavy atom. The Morgan fingerprint density at radius 2 is 1.59 bits per heavy atom. The number of hydrogen-bond acceptors (Lipinski definition) is 2. The van der Waals surface area contributed by atoms with Crippen molar-refractivity contribution in [3.63, 3.8) is 0 Å². The molecule has 2 atom stereocenters. The van der Waals surface area contributed by atoms with Crippen LogP contribution in [0.2, 0.25) is 10.0 Å². The zero-order valence-electron chi connectivity index (χ0n) is 18.8. The monoisotopic (exact) mass is 474 g/mol. The smallest absolute Gasteiger partial charge is 0.226 e. The van der Waals surface area contributed by atoms with E-state index in [1.807, 2.05) is 73.3 Å². The summed E-state index contributed by atoms with van der Waals surface area (Å²) in [6.45, 7) is 4.70. The largest absolute Gasteiger partial charge is 0.354 e. The van der Waals surface area contributed by atoms with Crippen LogP contribution in [-0.4, -0.2) is 29.3 Å². The summed E-state index contributed by atoms with van der Waals surface area (Å²) in [7, 11) is 0. The van der Waals surface area contributed by atoms with Crippen molar-refractivity contribution in [1.82, 2.24) is 10.2 Å². The molecule has 1 aliphatic heterocycles. The molecule has 32 heavy (non-hydrogen) atoms. The van der Waals surface area contributed by atoms with Crippen LogP contribution >= 0.6 is 23.2 Å². The Morgan fingerprint density at radius 3 is 2.12 bits per heavy atom. The summed E-state index contributed by atoms with van der Waals surface area (Å²) in [5.41, 5.74) is 1.14. The Bertz CT molecular complexity index is 882. The first-order chi connectivity index (χ1) is 15.3. The Hall–Kier alpha value is -2.04. The molecule has 2 unspecified atom stereocenters. The van der Waals surface area contributed by atoms with Gasteiger partial charge in [0.1, 0.15) is 0 Å². The Labute approximate surface area is 201 Å². The summed E-state index contributed by atoms with van der Waals surface area (Å²) in [4.78, 5) is 27.2. The molecule has 2 aromatic rings. The van der Waals surface area contributed by atoms with Gasteiger partial charge in [0.05, 0.1) is 6.04 Å². The SMILES string of the molecule is CC(C)NC(=O)CC1CCC(c2ccc(Cl)cc2)N(CC2CC2)C1=O.Clc1ccccc1. The van der Waals surface area contributed by atoms with Gasteiger partial charge in [-0.25, -0.2) is 0 Å². The van der Waals surface area contributed by atoms with Crippen molar-refractivity contribution >= 4 is 35.0 Å². The highest BCUT2D eigenvalue weighted by molar-refractivity contribution is 6.30. The van der Waals surface area contributed by atoms with Gasteiger partial charge in [-0.3, -0.25) is 9.59 Å². The molecule has 4 nitrogen and oxygen atoms in total. The molecular formula is C26H32Cl2N2O2. The van der Waals surface area contributed by atoms with Gasteiger partial charge in [-0.05, 0) is 75.3 Å². The number of halogens is 2. The van der Waals surface area contributed by atoms with E-state index in [0.717, 1.165) is 30.0 Å². The van der Waals surface area contributed by atoms with Crippen molar-refractivity contribution in [3.05, 3.63) is 70.2 Å². The summed E-state index contributed by atoms with van der Waals surface area (Å²) in [6.07, 6.45) is 4.37. The number of likely N-dealkylation sites (tertiary alicyclic amines) is 1. The minimum absolute atomic E-state index is 0.0235. The number of carbonyl (C=O) groups excluding carboxylic acids is 2. The van der Waals surface area contributed by atoms with Crippen LogP contribution in [0.15, 0.2) is 54.6 Å². The van der Waals surface area contributed by atoms with Gasteiger partial charge in [0, 0.05) is 35.0 Å². The standard InChI is InChI=1S/C20H27ClN2O2.C6H5Cl/c1-13(2)22-19(24)11-16-7-10-18(15-5-8-17(21)9-6-15)23(20(16)25)12-14-3-4-14;7-6-4-2-1-3-5-6/h5-6,8-9,13-14,16,18H,3-4,7,10-12H2,1-2H3,(H,22,24);1-5H. The summed E-state index contributed by atoms with van der Waals surface area (Å²) in [5.74, 6) is 0.546. The number of amides is 2. The summed E-state index contributed by atoms with van der Waals surface area (Å²) < 4.78 is 0. The van der Waals surface area contributed by atoms with Crippen molar-refractivity contribution in [3.8, 4) is 0 Å². The third kappa shape index (κ3) is 7.53. The molecule has 172 valence electrons. The van der Waals surface area contributed by atoms with E-state index in [0.29, 0.717) is 17.4 Å². The summed E-state index contributed by atoms with van der Waals surface area (Å²) >= 11 is 11.5. The van der Waals surface area contributed by atoms with E-state index in [4.69, 9.17) is 23.2 Å². The molecule has 0 aromatic heterocycles. The maximum Gasteiger partial charge on any atom is 0.226 e. The topological polar surface area (TPSA) is 49.4 Å². The van der Waals surface area contributed by atoms with E-state index in [-0.39, 0.29) is 29.8 Å². The zero-order chi connectivity index (χ0) is 23.1. The summed E-state index contributed by atoms with van der Waals surface area (Å²) in [6, 6.07) is 17.5. The zero-order valence-corrected chi connectivity index (χ0v) is 20.3. The molecule has 1 heterocycles. The third-order valence-electron chi connectivity index (χ3n) is 5.82. The average Bonchev–Trinajstić information content (AvgIpc) is 3.57. The quantitative estimate of drug-likeness (QED) is 0.534. The molecule has 1 aliphatic carbocycles. The van der Waals surface area contributed by atoms with Crippen molar-refractivity contribution in [1.29, 1.82) is 0 Å². The predicted molar refractivity (Wildman–Crippen MR) is 131 cm³/mol. The number of rotatable bonds is 6. The molecule has 0 bridgehead atoms. The minimum atomic E-state index is -0.193. The second kappa shape index (κ2) is 11.7. The van der Waals surface area contributed by atoms with Crippen LogP contribution in [0.1, 0.15) is 57.6 Å². The van der Waals surface area contributed by atoms with Crippen LogP contribution in [0.5, 0.6) is 0 Å². The molecule has 1 saturated carbocycles. The molecule has 1 N–H and O–H groups in total. The second-order valence-electron chi connectivity index (χ2n) is 9.00. The van der Waals surface area contributed by atoms with E-state index in [1.165, 1.54) is 12.8 Å². The lowest BCUT2D eigenvalue weighted by molar-refractivity contribution is -0.145. The molecule has 6 heteroatoms. The first-order valence-corrected chi connectivity index (χ1v) is 12.1. The number of carbonyl (C=O) groups is 2. The van der Waals surface area contributed by atoms with E-state index in [9.17, 15) is 9.59 Å². The maximum absolute atomic E-state index is 13.1. The maximum atomic E-state index is 13.1. The van der Waals surface area contributed by atoms with Crippen LogP contribution in [0.4, 0.5) is 0 Å². The molecular weight excluding hydrogens is 443 g/mol. The first kappa shape index (κ1) is 24.6. The molecule has 2 aromatic carbocycles. The summed E-state index contributed by atoms with van der Waals surface area (Å²) in [5, 5.41) is 4.41. The van der Waals surface area contributed by atoms with Crippen molar-refractivity contribution in [2.24, 2.45) is 11.8 Å². The Balaban J connectivity index is 0.000000352. The van der Waals surface area contributed by atoms with Gasteiger partial charge in [-0.15, -0.1) is 0 Å². The highest BCUT2D eigenvalue weighted by Crippen LogP contribution is 2.39. The fraction of sp³-hybridized carbons (Fsp3) is 0.462. The van der Waals surface area contributed by atoms with Gasteiger partial charge < -0.3 is 10.2 Å². The van der Waals surface area contributed by atoms with Crippen molar-refractivity contribution in [2.75, 3.05) is 6.54 Å². The predicted octanol–water partition coefficient (Wildman–Crippen LogP) is 6.28. The number of benzene rings is 2. The molecule has 0 radical (unpaired) electrons. The molecule has 0 spiro atoms. The second-order valence-corrected chi connectivity index (χ2v) is 9.87. The molecule has 2 amide bonds. The number of piperidine rings is 1. The first-order valence-electron chi connectivity index (χ1n) is 11.4. The van der Waals surface area contributed by atoms with Crippen molar-refractivity contribution < 1.29 is 9.59 Å². The molecule has 1 saturated heterocycles. The lowest BCUT2D eigenvalue weighted by Crippen LogP contribution is -2.46. The Kier molecular flexibility index (Phi) is 9.01. The van der Waals surface area contributed by atoms with Gasteiger partial charge in [-0.2, -0.15) is 0 Å². The molecule has 4 rings (SSSR count). The van der Waals surface area contributed by atoms with Crippen LogP contribution < -0.4 is 5.32 Å². The fourth-order valence-electron chi connectivity index (χ4n) is 4.06. The van der Waals surface area contributed by atoms with Gasteiger partial charge in [-0.1, -0.05) is 53.5 Å². The van der Waals surface area contributed by atoms with E-state index in [2.05, 4.69) is 5.32 Å². The molecule has 2 aliphatic rings. The van der Waals surface area contributed by atoms with Gasteiger partial charge in [0.25, 0.3) is 0 Å². The van der Waals surface area contributed by atoms with Crippen LogP contribution in [0.3, 0.4) is 0 Å². The van der Waals surface area contributed by atoms with Crippen molar-refractivity contribution in [2.45, 2.75) is 58.0 Å². The van der Waals surface area contributed by atoms with E-state index < -0.39 is 0 Å². The molecule has 2 fully saturated rings. The van der Waals surface area contributed by atoms with Crippen LogP contribution in [-0.2, 0) is 9.59 Å². The number of nitrogens with one attached hydrogen (secondary N) is 1. The average molecular weight is 475 g/mol. The van der Waals surface area contributed by atoms with E-state index >= 15 is 0 Å². The number of nitrogens with zero attached hydrogens (tertiary/aromatic N) is 1. The highest BCUT2D eigenvalue weighted by atomic mass is 35.5. The van der Waals surface area contributed by atoms with Crippen LogP contribution in [0, 0.1) is 11.8 Å². The number of hydrogen-bond donors (Lipinski definition) is 1. The van der Waals surface area contributed by atoms with Gasteiger partial charge >= 0.3 is 0 Å². The van der Waals surface area contributed by atoms with Crippen LogP contribution in [0.25, 0.3) is 0 Å². The third-order valence-corrected chi connectivity index (χ3v) is 6.32. The minimum Gasteiger partial charge on any atom is -0.354 e. The van der Waals surface area contributed by atoms with E-state index in [1.54, 1.807) is 0 Å². The lowest BCUT2D eigenvalue weighted by atomic mass is 9.86.